The van der Waals surface area contributed by atoms with Gasteiger partial charge in [0.15, 0.2) is 5.69 Å². The molecule has 3 aromatic carbocycles. The second-order valence-corrected chi connectivity index (χ2v) is 10.8. The van der Waals surface area contributed by atoms with Gasteiger partial charge in [0, 0.05) is 12.1 Å². The lowest BCUT2D eigenvalue weighted by Gasteiger charge is -2.13. The molecule has 41 heavy (non-hydrogen) atoms. The second-order valence-electron chi connectivity index (χ2n) is 9.09. The molecule has 0 aliphatic rings. The van der Waals surface area contributed by atoms with Crippen LogP contribution in [0, 0.1) is 0 Å². The Morgan fingerprint density at radius 3 is 2.22 bits per heavy atom. The van der Waals surface area contributed by atoms with E-state index in [0.29, 0.717) is 17.9 Å². The summed E-state index contributed by atoms with van der Waals surface area (Å²) in [5, 5.41) is 7.07. The summed E-state index contributed by atoms with van der Waals surface area (Å²) in [7, 11) is -4.10. The highest BCUT2D eigenvalue weighted by atomic mass is 32.2. The zero-order valence-corrected chi connectivity index (χ0v) is 23.7. The van der Waals surface area contributed by atoms with Gasteiger partial charge in [-0.15, -0.1) is 0 Å². The number of unbranched alkanes of at least 4 members (excludes halogenated alkanes) is 1. The van der Waals surface area contributed by atoms with Gasteiger partial charge in [-0.1, -0.05) is 74.0 Å². The van der Waals surface area contributed by atoms with Crippen LogP contribution in [0.5, 0.6) is 0 Å². The number of carbonyl (C=O) groups is 2. The molecule has 4 rings (SSSR count). The van der Waals surface area contributed by atoms with Crippen LogP contribution in [-0.4, -0.2) is 43.4 Å². The second kappa shape index (κ2) is 13.6. The first-order valence-electron chi connectivity index (χ1n) is 13.3. The van der Waals surface area contributed by atoms with Crippen LogP contribution >= 0.6 is 0 Å². The molecule has 0 spiro atoms. The minimum Gasteiger partial charge on any atom is -0.461 e. The Kier molecular flexibility index (Phi) is 9.70. The van der Waals surface area contributed by atoms with E-state index in [1.54, 1.807) is 29.8 Å². The topological polar surface area (TPSA) is 119 Å². The van der Waals surface area contributed by atoms with Gasteiger partial charge in [-0.3, -0.25) is 0 Å². The zero-order chi connectivity index (χ0) is 29.2. The van der Waals surface area contributed by atoms with Gasteiger partial charge in [0.2, 0.25) is 0 Å². The van der Waals surface area contributed by atoms with E-state index in [1.165, 1.54) is 12.1 Å². The summed E-state index contributed by atoms with van der Waals surface area (Å²) in [6.45, 7) is 4.26. The van der Waals surface area contributed by atoms with Crippen LogP contribution in [0.2, 0.25) is 0 Å². The number of amides is 2. The van der Waals surface area contributed by atoms with Crippen LogP contribution in [0.15, 0.2) is 95.9 Å². The molecule has 0 fully saturated rings. The molecule has 2 N–H and O–H groups in total. The number of aromatic nitrogens is 2. The molecular weight excluding hydrogens is 540 g/mol. The SMILES string of the molecule is CCCCNC(=O)NS(=O)(=O)c1ccc(-n2nc(C(=O)OCC)cc2/C(=C/c2ccccc2)c2ccccc2)cc1. The van der Waals surface area contributed by atoms with E-state index in [4.69, 9.17) is 4.74 Å². The molecule has 0 atom stereocenters. The lowest BCUT2D eigenvalue weighted by molar-refractivity contribution is 0.0519. The molecule has 0 saturated carbocycles. The van der Waals surface area contributed by atoms with E-state index in [-0.39, 0.29) is 17.2 Å². The number of carbonyl (C=O) groups excluding carboxylic acids is 2. The molecule has 0 radical (unpaired) electrons. The lowest BCUT2D eigenvalue weighted by atomic mass is 9.99. The number of rotatable bonds is 11. The first kappa shape index (κ1) is 29.3. The molecule has 0 bridgehead atoms. The average Bonchev–Trinajstić information content (AvgIpc) is 3.42. The summed E-state index contributed by atoms with van der Waals surface area (Å²) in [5.74, 6) is -0.572. The highest BCUT2D eigenvalue weighted by molar-refractivity contribution is 7.90. The van der Waals surface area contributed by atoms with E-state index in [2.05, 4.69) is 10.4 Å². The molecule has 0 unspecified atom stereocenters. The number of urea groups is 1. The minimum absolute atomic E-state index is 0.0886. The van der Waals surface area contributed by atoms with Crippen molar-refractivity contribution >= 4 is 33.7 Å². The maximum absolute atomic E-state index is 12.8. The summed E-state index contributed by atoms with van der Waals surface area (Å²) < 4.78 is 34.4. The van der Waals surface area contributed by atoms with Gasteiger partial charge in [-0.25, -0.2) is 27.4 Å². The van der Waals surface area contributed by atoms with Crippen molar-refractivity contribution in [1.29, 1.82) is 0 Å². The van der Waals surface area contributed by atoms with E-state index < -0.39 is 22.0 Å². The molecule has 0 saturated heterocycles. The molecule has 9 nitrogen and oxygen atoms in total. The van der Waals surface area contributed by atoms with Crippen molar-refractivity contribution < 1.29 is 22.7 Å². The largest absolute Gasteiger partial charge is 0.461 e. The minimum atomic E-state index is -4.10. The summed E-state index contributed by atoms with van der Waals surface area (Å²) in [5.41, 5.74) is 3.86. The number of hydrogen-bond donors (Lipinski definition) is 2. The molecule has 0 aliphatic carbocycles. The number of ether oxygens (including phenoxy) is 1. The molecule has 2 amide bonds. The van der Waals surface area contributed by atoms with Crippen molar-refractivity contribution in [3.8, 4) is 5.69 Å². The first-order chi connectivity index (χ1) is 19.8. The van der Waals surface area contributed by atoms with Crippen LogP contribution < -0.4 is 10.0 Å². The molecule has 1 aromatic heterocycles. The summed E-state index contributed by atoms with van der Waals surface area (Å²) in [4.78, 5) is 24.7. The fourth-order valence-electron chi connectivity index (χ4n) is 4.08. The summed E-state index contributed by atoms with van der Waals surface area (Å²) in [6, 6.07) is 26.2. The standard InChI is InChI=1S/C31H32N4O5S/c1-3-5-20-32-31(37)34-41(38,39)26-18-16-25(17-19-26)35-29(22-28(33-35)30(36)40-4-2)27(24-14-10-7-11-15-24)21-23-12-8-6-9-13-23/h6-19,21-22H,3-5,20H2,1-2H3,(H2,32,34,37)/b27-21+. The number of nitrogens with one attached hydrogen (secondary N) is 2. The molecule has 212 valence electrons. The third-order valence-electron chi connectivity index (χ3n) is 6.10. The number of sulfonamides is 1. The van der Waals surface area contributed by atoms with Crippen molar-refractivity contribution in [2.45, 2.75) is 31.6 Å². The summed E-state index contributed by atoms with van der Waals surface area (Å²) in [6.07, 6.45) is 3.61. The van der Waals surface area contributed by atoms with Crippen molar-refractivity contribution in [3.05, 3.63) is 114 Å². The Morgan fingerprint density at radius 1 is 0.927 bits per heavy atom. The van der Waals surface area contributed by atoms with Crippen LogP contribution in [0.3, 0.4) is 0 Å². The normalized spacial score (nSPS) is 11.6. The predicted octanol–water partition coefficient (Wildman–Crippen LogP) is 5.43. The Bertz CT molecular complexity index is 1610. The van der Waals surface area contributed by atoms with Crippen molar-refractivity contribution in [1.82, 2.24) is 19.8 Å². The van der Waals surface area contributed by atoms with Crippen LogP contribution in [0.1, 0.15) is 54.0 Å². The predicted molar refractivity (Wildman–Crippen MR) is 158 cm³/mol. The molecule has 0 aliphatic heterocycles. The van der Waals surface area contributed by atoms with Gasteiger partial charge >= 0.3 is 12.0 Å². The highest BCUT2D eigenvalue weighted by Crippen LogP contribution is 2.29. The quantitative estimate of drug-likeness (QED) is 0.141. The lowest BCUT2D eigenvalue weighted by Crippen LogP contribution is -2.39. The van der Waals surface area contributed by atoms with E-state index >= 15 is 0 Å². The van der Waals surface area contributed by atoms with Crippen LogP contribution in [0.25, 0.3) is 17.3 Å². The molecular formula is C31H32N4O5S. The molecule has 1 heterocycles. The third-order valence-corrected chi connectivity index (χ3v) is 7.45. The monoisotopic (exact) mass is 572 g/mol. The third kappa shape index (κ3) is 7.49. The Morgan fingerprint density at radius 2 is 1.59 bits per heavy atom. The number of esters is 1. The van der Waals surface area contributed by atoms with Gasteiger partial charge < -0.3 is 10.1 Å². The Balaban J connectivity index is 1.76. The zero-order valence-electron chi connectivity index (χ0n) is 22.9. The first-order valence-corrected chi connectivity index (χ1v) is 14.8. The average molecular weight is 573 g/mol. The number of nitrogens with zero attached hydrogens (tertiary/aromatic N) is 2. The fraction of sp³-hybridized carbons (Fsp3) is 0.194. The van der Waals surface area contributed by atoms with Crippen molar-refractivity contribution in [2.75, 3.05) is 13.2 Å². The fourth-order valence-corrected chi connectivity index (χ4v) is 5.00. The van der Waals surface area contributed by atoms with Crippen molar-refractivity contribution in [2.24, 2.45) is 0 Å². The van der Waals surface area contributed by atoms with E-state index in [9.17, 15) is 18.0 Å². The van der Waals surface area contributed by atoms with Gasteiger partial charge in [0.25, 0.3) is 10.0 Å². The maximum Gasteiger partial charge on any atom is 0.358 e. The Labute approximate surface area is 239 Å². The molecule has 4 aromatic rings. The van der Waals surface area contributed by atoms with Gasteiger partial charge in [0.1, 0.15) is 0 Å². The van der Waals surface area contributed by atoms with Crippen LogP contribution in [-0.2, 0) is 14.8 Å². The molecule has 10 heteroatoms. The van der Waals surface area contributed by atoms with Gasteiger partial charge in [-0.2, -0.15) is 5.10 Å². The van der Waals surface area contributed by atoms with Crippen molar-refractivity contribution in [3.63, 3.8) is 0 Å². The van der Waals surface area contributed by atoms with Gasteiger partial charge in [-0.05, 0) is 60.9 Å². The Hall–Kier alpha value is -4.70. The smallest absolute Gasteiger partial charge is 0.358 e. The van der Waals surface area contributed by atoms with E-state index in [0.717, 1.165) is 29.5 Å². The maximum atomic E-state index is 12.8. The highest BCUT2D eigenvalue weighted by Gasteiger charge is 2.22. The van der Waals surface area contributed by atoms with Crippen LogP contribution in [0.4, 0.5) is 4.79 Å². The number of benzene rings is 3. The summed E-state index contributed by atoms with van der Waals surface area (Å²) >= 11 is 0. The van der Waals surface area contributed by atoms with E-state index in [1.807, 2.05) is 78.4 Å². The number of hydrogen-bond acceptors (Lipinski definition) is 6. The van der Waals surface area contributed by atoms with Gasteiger partial charge in [0.05, 0.1) is 22.9 Å².